The Hall–Kier alpha value is -3.97. The van der Waals surface area contributed by atoms with E-state index < -0.39 is 5.91 Å². The van der Waals surface area contributed by atoms with Crippen LogP contribution in [0.15, 0.2) is 78.6 Å². The average molecular weight is 477 g/mol. The van der Waals surface area contributed by atoms with Crippen LogP contribution in [0.2, 0.25) is 5.02 Å². The van der Waals surface area contributed by atoms with E-state index in [1.54, 1.807) is 48.5 Å². The number of benzene rings is 3. The standard InChI is InChI=1S/C26H21ClN2O5/c27-19-8-2-1-7-17(19)13-24-26(31)29(20-9-3-4-10-21(20)34-24)15-25(30)28-14-18-16-32-22-11-5-6-12-23(22)33-18/h1-13,18H,14-16H2,(H,28,30)/b24-13+/t18-/m1/s1. The molecule has 0 radical (unpaired) electrons. The second kappa shape index (κ2) is 9.49. The zero-order valence-corrected chi connectivity index (χ0v) is 18.8. The van der Waals surface area contributed by atoms with Gasteiger partial charge >= 0.3 is 0 Å². The summed E-state index contributed by atoms with van der Waals surface area (Å²) in [4.78, 5) is 27.4. The van der Waals surface area contributed by atoms with Crippen molar-refractivity contribution in [2.45, 2.75) is 6.10 Å². The number of ether oxygens (including phenoxy) is 3. The largest absolute Gasteiger partial charge is 0.486 e. The Morgan fingerprint density at radius 1 is 1.00 bits per heavy atom. The third-order valence-corrected chi connectivity index (χ3v) is 5.76. The minimum Gasteiger partial charge on any atom is -0.486 e. The van der Waals surface area contributed by atoms with E-state index in [9.17, 15) is 9.59 Å². The monoisotopic (exact) mass is 476 g/mol. The van der Waals surface area contributed by atoms with Crippen molar-refractivity contribution in [2.75, 3.05) is 24.6 Å². The Bertz CT molecular complexity index is 1280. The highest BCUT2D eigenvalue weighted by Gasteiger charge is 2.32. The van der Waals surface area contributed by atoms with Gasteiger partial charge in [-0.2, -0.15) is 0 Å². The van der Waals surface area contributed by atoms with Gasteiger partial charge < -0.3 is 19.5 Å². The highest BCUT2D eigenvalue weighted by molar-refractivity contribution is 6.32. The number of para-hydroxylation sites is 4. The van der Waals surface area contributed by atoms with Crippen molar-refractivity contribution in [3.63, 3.8) is 0 Å². The van der Waals surface area contributed by atoms with Gasteiger partial charge in [-0.15, -0.1) is 0 Å². The van der Waals surface area contributed by atoms with Gasteiger partial charge in [0.1, 0.15) is 19.3 Å². The first-order valence-electron chi connectivity index (χ1n) is 10.8. The van der Waals surface area contributed by atoms with Gasteiger partial charge in [-0.1, -0.05) is 54.1 Å². The highest BCUT2D eigenvalue weighted by atomic mass is 35.5. The fraction of sp³-hybridized carbons (Fsp3) is 0.154. The van der Waals surface area contributed by atoms with Crippen molar-refractivity contribution in [2.24, 2.45) is 0 Å². The number of hydrogen-bond donors (Lipinski definition) is 1. The summed E-state index contributed by atoms with van der Waals surface area (Å²) < 4.78 is 17.4. The summed E-state index contributed by atoms with van der Waals surface area (Å²) in [7, 11) is 0. The van der Waals surface area contributed by atoms with E-state index in [0.29, 0.717) is 40.1 Å². The molecule has 7 nitrogen and oxygen atoms in total. The molecule has 2 amide bonds. The van der Waals surface area contributed by atoms with Gasteiger partial charge in [0.2, 0.25) is 5.91 Å². The molecule has 2 heterocycles. The van der Waals surface area contributed by atoms with Crippen molar-refractivity contribution in [1.82, 2.24) is 5.32 Å². The molecule has 2 aliphatic heterocycles. The molecule has 3 aromatic rings. The summed E-state index contributed by atoms with van der Waals surface area (Å²) in [5.74, 6) is 1.12. The highest BCUT2D eigenvalue weighted by Crippen LogP contribution is 2.36. The molecule has 0 unspecified atom stereocenters. The van der Waals surface area contributed by atoms with Crippen LogP contribution in [0.1, 0.15) is 5.56 Å². The Labute approximate surface area is 201 Å². The lowest BCUT2D eigenvalue weighted by Gasteiger charge is -2.30. The van der Waals surface area contributed by atoms with Crippen molar-refractivity contribution in [3.05, 3.63) is 89.1 Å². The molecule has 2 aliphatic rings. The molecule has 3 aromatic carbocycles. The third kappa shape index (κ3) is 4.56. The number of carbonyl (C=O) groups excluding carboxylic acids is 2. The quantitative estimate of drug-likeness (QED) is 0.562. The predicted octanol–water partition coefficient (Wildman–Crippen LogP) is 4.06. The summed E-state index contributed by atoms with van der Waals surface area (Å²) >= 11 is 6.25. The Morgan fingerprint density at radius 2 is 1.71 bits per heavy atom. The van der Waals surface area contributed by atoms with Crippen LogP contribution in [0.5, 0.6) is 17.2 Å². The number of anilines is 1. The summed E-state index contributed by atoms with van der Waals surface area (Å²) in [6.07, 6.45) is 1.25. The van der Waals surface area contributed by atoms with Crippen LogP contribution in [-0.4, -0.2) is 37.6 Å². The van der Waals surface area contributed by atoms with Crippen LogP contribution in [0.3, 0.4) is 0 Å². The van der Waals surface area contributed by atoms with Gasteiger partial charge in [-0.3, -0.25) is 14.5 Å². The first kappa shape index (κ1) is 21.9. The molecule has 8 heteroatoms. The van der Waals surface area contributed by atoms with E-state index in [1.165, 1.54) is 4.90 Å². The number of fused-ring (bicyclic) bond motifs is 2. The molecule has 1 atom stereocenters. The van der Waals surface area contributed by atoms with Crippen molar-refractivity contribution in [3.8, 4) is 17.2 Å². The smallest absolute Gasteiger partial charge is 0.294 e. The number of hydrogen-bond acceptors (Lipinski definition) is 5. The van der Waals surface area contributed by atoms with E-state index in [0.717, 1.165) is 0 Å². The van der Waals surface area contributed by atoms with Crippen LogP contribution < -0.4 is 24.4 Å². The maximum atomic E-state index is 13.2. The second-order valence-electron chi connectivity index (χ2n) is 7.79. The van der Waals surface area contributed by atoms with Crippen LogP contribution in [0.25, 0.3) is 6.08 Å². The second-order valence-corrected chi connectivity index (χ2v) is 8.20. The van der Waals surface area contributed by atoms with Crippen molar-refractivity contribution < 1.29 is 23.8 Å². The fourth-order valence-corrected chi connectivity index (χ4v) is 3.93. The van der Waals surface area contributed by atoms with Gasteiger partial charge in [-0.25, -0.2) is 0 Å². The Morgan fingerprint density at radius 3 is 2.53 bits per heavy atom. The topological polar surface area (TPSA) is 77.1 Å². The van der Waals surface area contributed by atoms with Crippen molar-refractivity contribution in [1.29, 1.82) is 0 Å². The lowest BCUT2D eigenvalue weighted by atomic mass is 10.1. The number of carbonyl (C=O) groups is 2. The number of halogens is 1. The van der Waals surface area contributed by atoms with Crippen LogP contribution in [0.4, 0.5) is 5.69 Å². The van der Waals surface area contributed by atoms with E-state index in [1.807, 2.05) is 30.3 Å². The van der Waals surface area contributed by atoms with Gasteiger partial charge in [0.15, 0.2) is 23.0 Å². The Balaban J connectivity index is 1.29. The summed E-state index contributed by atoms with van der Waals surface area (Å²) in [6, 6.07) is 21.6. The molecular weight excluding hydrogens is 456 g/mol. The summed E-state index contributed by atoms with van der Waals surface area (Å²) in [5.41, 5.74) is 1.16. The van der Waals surface area contributed by atoms with E-state index >= 15 is 0 Å². The number of rotatable bonds is 5. The molecule has 0 spiro atoms. The van der Waals surface area contributed by atoms with E-state index in [2.05, 4.69) is 5.32 Å². The maximum absolute atomic E-state index is 13.2. The van der Waals surface area contributed by atoms with E-state index in [4.69, 9.17) is 25.8 Å². The van der Waals surface area contributed by atoms with Gasteiger partial charge in [0.25, 0.3) is 5.91 Å². The first-order chi connectivity index (χ1) is 16.6. The van der Waals surface area contributed by atoms with Gasteiger partial charge in [-0.05, 0) is 42.0 Å². The normalized spacial score (nSPS) is 17.7. The zero-order valence-electron chi connectivity index (χ0n) is 18.1. The molecule has 172 valence electrons. The van der Waals surface area contributed by atoms with Crippen LogP contribution in [-0.2, 0) is 9.59 Å². The zero-order chi connectivity index (χ0) is 23.5. The molecule has 0 aliphatic carbocycles. The SMILES string of the molecule is O=C(CN1C(=O)/C(=C\c2ccccc2Cl)Oc2ccccc21)NC[C@@H]1COc2ccccc2O1. The number of nitrogens with one attached hydrogen (secondary N) is 1. The number of nitrogens with zero attached hydrogens (tertiary/aromatic N) is 1. The molecule has 0 bridgehead atoms. The predicted molar refractivity (Wildman–Crippen MR) is 128 cm³/mol. The average Bonchev–Trinajstić information content (AvgIpc) is 2.86. The van der Waals surface area contributed by atoms with Crippen molar-refractivity contribution >= 4 is 35.2 Å². The van der Waals surface area contributed by atoms with E-state index in [-0.39, 0.29) is 30.9 Å². The molecule has 0 fully saturated rings. The van der Waals surface area contributed by atoms with Gasteiger partial charge in [0, 0.05) is 5.02 Å². The summed E-state index contributed by atoms with van der Waals surface area (Å²) in [5, 5.41) is 3.33. The van der Waals surface area contributed by atoms with Crippen LogP contribution in [0, 0.1) is 0 Å². The molecule has 5 rings (SSSR count). The lowest BCUT2D eigenvalue weighted by molar-refractivity contribution is -0.123. The lowest BCUT2D eigenvalue weighted by Crippen LogP contribution is -2.47. The van der Waals surface area contributed by atoms with Crippen LogP contribution >= 0.6 is 11.6 Å². The Kier molecular flexibility index (Phi) is 6.10. The fourth-order valence-electron chi connectivity index (χ4n) is 3.74. The van der Waals surface area contributed by atoms with Gasteiger partial charge in [0.05, 0.1) is 12.2 Å². The first-order valence-corrected chi connectivity index (χ1v) is 11.2. The molecule has 34 heavy (non-hydrogen) atoms. The molecular formula is C26H21ClN2O5. The minimum atomic E-state index is -0.431. The maximum Gasteiger partial charge on any atom is 0.294 e. The summed E-state index contributed by atoms with van der Waals surface area (Å²) in [6.45, 7) is 0.389. The molecule has 0 saturated carbocycles. The molecule has 0 aromatic heterocycles. The third-order valence-electron chi connectivity index (χ3n) is 5.42. The molecule has 0 saturated heterocycles. The minimum absolute atomic E-state index is 0.0835. The number of amides is 2. The molecule has 1 N–H and O–H groups in total.